The maximum Gasteiger partial charge on any atom is 0.344 e. The van der Waals surface area contributed by atoms with Gasteiger partial charge in [0, 0.05) is 12.5 Å². The van der Waals surface area contributed by atoms with Crippen LogP contribution in [-0.4, -0.2) is 44.0 Å². The van der Waals surface area contributed by atoms with Crippen LogP contribution in [0.3, 0.4) is 0 Å². The third kappa shape index (κ3) is 1.95. The predicted molar refractivity (Wildman–Crippen MR) is 71.5 cm³/mol. The zero-order valence-electron chi connectivity index (χ0n) is 11.7. The van der Waals surface area contributed by atoms with E-state index in [1.165, 1.54) is 5.57 Å². The highest BCUT2D eigenvalue weighted by molar-refractivity contribution is 5.76. The number of hydroxylamine groups is 2. The topological polar surface area (TPSA) is 82.7 Å². The van der Waals surface area contributed by atoms with Gasteiger partial charge in [-0.3, -0.25) is 5.21 Å². The summed E-state index contributed by atoms with van der Waals surface area (Å²) in [5.74, 6) is 1.40. The second-order valence-corrected chi connectivity index (χ2v) is 6.19. The van der Waals surface area contributed by atoms with E-state index in [9.17, 15) is 10.0 Å². The number of hydrogen-bond donors (Lipinski definition) is 1. The van der Waals surface area contributed by atoms with Crippen LogP contribution >= 0.6 is 0 Å². The molecular weight excluding hydrogens is 272 g/mol. The van der Waals surface area contributed by atoms with Gasteiger partial charge in [0.2, 0.25) is 11.8 Å². The van der Waals surface area contributed by atoms with Gasteiger partial charge in [-0.15, -0.1) is 10.2 Å². The van der Waals surface area contributed by atoms with Crippen molar-refractivity contribution in [1.82, 2.24) is 20.2 Å². The first-order chi connectivity index (χ1) is 10.1. The molecule has 1 aliphatic carbocycles. The van der Waals surface area contributed by atoms with Crippen molar-refractivity contribution in [2.45, 2.75) is 50.1 Å². The molecule has 2 amide bonds. The molecule has 0 aromatic carbocycles. The SMILES string of the molecule is C=C1CCC(c2nnc([C@@H]3CC[C@@H]4CN3C(=O)N4O)o2)C1. The third-order valence-electron chi connectivity index (χ3n) is 4.82. The fraction of sp³-hybridized carbons (Fsp3) is 0.643. The summed E-state index contributed by atoms with van der Waals surface area (Å²) in [6.45, 7) is 4.53. The van der Waals surface area contributed by atoms with E-state index < -0.39 is 0 Å². The van der Waals surface area contributed by atoms with Gasteiger partial charge in [-0.25, -0.2) is 9.86 Å². The van der Waals surface area contributed by atoms with Gasteiger partial charge in [-0.05, 0) is 32.1 Å². The van der Waals surface area contributed by atoms with Gasteiger partial charge in [0.25, 0.3) is 0 Å². The van der Waals surface area contributed by atoms with Crippen LogP contribution in [0.15, 0.2) is 16.6 Å². The average molecular weight is 290 g/mol. The van der Waals surface area contributed by atoms with E-state index in [4.69, 9.17) is 4.42 Å². The van der Waals surface area contributed by atoms with Crippen LogP contribution in [0.25, 0.3) is 0 Å². The predicted octanol–water partition coefficient (Wildman–Crippen LogP) is 2.22. The number of nitrogens with zero attached hydrogens (tertiary/aromatic N) is 4. The molecule has 3 atom stereocenters. The van der Waals surface area contributed by atoms with Crippen molar-refractivity contribution in [2.75, 3.05) is 6.54 Å². The fourth-order valence-electron chi connectivity index (χ4n) is 3.60. The van der Waals surface area contributed by atoms with Crippen molar-refractivity contribution in [1.29, 1.82) is 0 Å². The average Bonchev–Trinajstić information content (AvgIpc) is 3.17. The van der Waals surface area contributed by atoms with E-state index >= 15 is 0 Å². The summed E-state index contributed by atoms with van der Waals surface area (Å²) in [5.41, 5.74) is 1.23. The van der Waals surface area contributed by atoms with E-state index in [0.717, 1.165) is 37.2 Å². The molecular formula is C14H18N4O3. The number of allylic oxidation sites excluding steroid dienone is 1. The minimum atomic E-state index is -0.364. The summed E-state index contributed by atoms with van der Waals surface area (Å²) in [5, 5.41) is 18.8. The van der Waals surface area contributed by atoms with Crippen LogP contribution in [0, 0.1) is 0 Å². The molecule has 1 N–H and O–H groups in total. The van der Waals surface area contributed by atoms with Crippen molar-refractivity contribution in [3.05, 3.63) is 23.9 Å². The minimum Gasteiger partial charge on any atom is -0.423 e. The summed E-state index contributed by atoms with van der Waals surface area (Å²) in [6, 6.07) is -0.678. The Kier molecular flexibility index (Phi) is 2.78. The Bertz CT molecular complexity index is 599. The Hall–Kier alpha value is -1.89. The van der Waals surface area contributed by atoms with Crippen LogP contribution in [-0.2, 0) is 0 Å². The summed E-state index contributed by atoms with van der Waals surface area (Å²) in [4.78, 5) is 13.6. The second-order valence-electron chi connectivity index (χ2n) is 6.19. The number of rotatable bonds is 2. The summed E-state index contributed by atoms with van der Waals surface area (Å²) in [6.07, 6.45) is 4.41. The molecule has 7 heteroatoms. The van der Waals surface area contributed by atoms with Crippen LogP contribution in [0.4, 0.5) is 4.79 Å². The zero-order chi connectivity index (χ0) is 14.6. The van der Waals surface area contributed by atoms with Crippen LogP contribution < -0.4 is 0 Å². The van der Waals surface area contributed by atoms with E-state index in [0.29, 0.717) is 18.3 Å². The molecule has 1 aromatic heterocycles. The van der Waals surface area contributed by atoms with Crippen LogP contribution in [0.5, 0.6) is 0 Å². The lowest BCUT2D eigenvalue weighted by Gasteiger charge is -2.27. The van der Waals surface area contributed by atoms with E-state index in [-0.39, 0.29) is 24.0 Å². The first-order valence-electron chi connectivity index (χ1n) is 7.42. The molecule has 7 nitrogen and oxygen atoms in total. The van der Waals surface area contributed by atoms with Crippen molar-refractivity contribution < 1.29 is 14.4 Å². The van der Waals surface area contributed by atoms with Gasteiger partial charge < -0.3 is 9.32 Å². The van der Waals surface area contributed by atoms with E-state index in [2.05, 4.69) is 16.8 Å². The molecule has 112 valence electrons. The van der Waals surface area contributed by atoms with Crippen molar-refractivity contribution in [2.24, 2.45) is 0 Å². The molecule has 1 unspecified atom stereocenters. The van der Waals surface area contributed by atoms with E-state index in [1.54, 1.807) is 4.90 Å². The highest BCUT2D eigenvalue weighted by Crippen LogP contribution is 2.40. The van der Waals surface area contributed by atoms with Crippen molar-refractivity contribution in [3.8, 4) is 0 Å². The summed E-state index contributed by atoms with van der Waals surface area (Å²) < 4.78 is 5.83. The number of amides is 2. The maximum atomic E-state index is 12.0. The number of aromatic nitrogens is 2. The highest BCUT2D eigenvalue weighted by Gasteiger charge is 2.46. The Morgan fingerprint density at radius 2 is 2.05 bits per heavy atom. The molecule has 2 aliphatic heterocycles. The Balaban J connectivity index is 1.56. The molecule has 3 heterocycles. The molecule has 3 fully saturated rings. The standard InChI is InChI=1S/C14H18N4O3/c1-8-2-3-9(6-8)12-15-16-13(21-12)11-5-4-10-7-17(11)14(19)18(10)20/h9-11,20H,1-7H2/t9?,10-,11+/m1/s1. The van der Waals surface area contributed by atoms with Crippen molar-refractivity contribution in [3.63, 3.8) is 0 Å². The number of urea groups is 1. The monoisotopic (exact) mass is 290 g/mol. The largest absolute Gasteiger partial charge is 0.423 e. The van der Waals surface area contributed by atoms with Gasteiger partial charge >= 0.3 is 6.03 Å². The van der Waals surface area contributed by atoms with E-state index in [1.807, 2.05) is 0 Å². The molecule has 1 saturated carbocycles. The molecule has 21 heavy (non-hydrogen) atoms. The highest BCUT2D eigenvalue weighted by atomic mass is 16.5. The van der Waals surface area contributed by atoms with Gasteiger partial charge in [0.05, 0.1) is 6.04 Å². The minimum absolute atomic E-state index is 0.103. The smallest absolute Gasteiger partial charge is 0.344 e. The number of carbonyl (C=O) groups is 1. The van der Waals surface area contributed by atoms with Gasteiger partial charge in [0.1, 0.15) is 6.04 Å². The molecule has 1 aromatic rings. The second kappa shape index (κ2) is 4.56. The van der Waals surface area contributed by atoms with Gasteiger partial charge in [-0.2, -0.15) is 0 Å². The zero-order valence-corrected chi connectivity index (χ0v) is 11.7. The van der Waals surface area contributed by atoms with Crippen molar-refractivity contribution >= 4 is 6.03 Å². The third-order valence-corrected chi connectivity index (χ3v) is 4.82. The quantitative estimate of drug-likeness (QED) is 0.667. The fourth-order valence-corrected chi connectivity index (χ4v) is 3.60. The Labute approximate surface area is 122 Å². The molecule has 0 spiro atoms. The molecule has 2 saturated heterocycles. The Morgan fingerprint density at radius 1 is 1.24 bits per heavy atom. The molecule has 4 rings (SSSR count). The lowest BCUT2D eigenvalue weighted by atomic mass is 10.0. The maximum absolute atomic E-state index is 12.0. The number of hydrogen-bond acceptors (Lipinski definition) is 5. The molecule has 3 aliphatic rings. The molecule has 0 radical (unpaired) electrons. The number of carbonyl (C=O) groups excluding carboxylic acids is 1. The lowest BCUT2D eigenvalue weighted by molar-refractivity contribution is -0.0584. The Morgan fingerprint density at radius 3 is 2.81 bits per heavy atom. The number of piperidine rings is 1. The summed E-state index contributed by atoms with van der Waals surface area (Å²) >= 11 is 0. The first kappa shape index (κ1) is 12.8. The molecule has 2 bridgehead atoms. The first-order valence-corrected chi connectivity index (χ1v) is 7.42. The van der Waals surface area contributed by atoms with Gasteiger partial charge in [0.15, 0.2) is 0 Å². The normalized spacial score (nSPS) is 32.3. The van der Waals surface area contributed by atoms with Gasteiger partial charge in [-0.1, -0.05) is 12.2 Å². The van der Waals surface area contributed by atoms with Crippen LogP contribution in [0.1, 0.15) is 55.8 Å². The summed E-state index contributed by atoms with van der Waals surface area (Å²) in [7, 11) is 0. The lowest BCUT2D eigenvalue weighted by Crippen LogP contribution is -2.34. The number of fused-ring (bicyclic) bond motifs is 2. The van der Waals surface area contributed by atoms with Crippen LogP contribution in [0.2, 0.25) is 0 Å².